The van der Waals surface area contributed by atoms with Crippen LogP contribution in [-0.4, -0.2) is 34.1 Å². The third-order valence-corrected chi connectivity index (χ3v) is 4.68. The van der Waals surface area contributed by atoms with Crippen LogP contribution in [-0.2, 0) is 16.1 Å². The van der Waals surface area contributed by atoms with Crippen molar-refractivity contribution in [1.82, 2.24) is 4.90 Å². The van der Waals surface area contributed by atoms with Crippen LogP contribution in [0.2, 0.25) is 0 Å². The van der Waals surface area contributed by atoms with Crippen LogP contribution in [0.15, 0.2) is 54.6 Å². The summed E-state index contributed by atoms with van der Waals surface area (Å²) in [6.45, 7) is 2.40. The molecule has 1 fully saturated rings. The molecule has 2 amide bonds. The number of nitrogens with one attached hydrogen (secondary N) is 1. The van der Waals surface area contributed by atoms with Crippen LogP contribution in [0.3, 0.4) is 0 Å². The van der Waals surface area contributed by atoms with Gasteiger partial charge in [-0.2, -0.15) is 0 Å². The maximum Gasteiger partial charge on any atom is 0.410 e. The Balaban J connectivity index is 1.65. The van der Waals surface area contributed by atoms with E-state index in [2.05, 4.69) is 5.32 Å². The molecule has 0 bridgehead atoms. The van der Waals surface area contributed by atoms with E-state index in [9.17, 15) is 14.7 Å². The highest BCUT2D eigenvalue weighted by Crippen LogP contribution is 2.31. The molecule has 2 N–H and O–H groups in total. The van der Waals surface area contributed by atoms with Crippen molar-refractivity contribution in [2.75, 3.05) is 11.9 Å². The second-order valence-electron chi connectivity index (χ2n) is 6.57. The third-order valence-electron chi connectivity index (χ3n) is 4.68. The first kappa shape index (κ1) is 17.8. The normalized spacial score (nSPS) is 19.2. The van der Waals surface area contributed by atoms with Gasteiger partial charge in [0.2, 0.25) is 5.91 Å². The van der Waals surface area contributed by atoms with Crippen LogP contribution in [0.5, 0.6) is 5.75 Å². The molecule has 1 saturated heterocycles. The van der Waals surface area contributed by atoms with Crippen LogP contribution < -0.4 is 5.32 Å². The van der Waals surface area contributed by atoms with Crippen molar-refractivity contribution >= 4 is 17.7 Å². The number of benzene rings is 2. The molecule has 1 heterocycles. The summed E-state index contributed by atoms with van der Waals surface area (Å²) in [5, 5.41) is 12.1. The fourth-order valence-corrected chi connectivity index (χ4v) is 3.10. The first-order chi connectivity index (χ1) is 12.5. The number of aromatic hydroxyl groups is 1. The fraction of sp³-hybridized carbons (Fsp3) is 0.300. The Labute approximate surface area is 152 Å². The number of likely N-dealkylation sites (tertiary alicyclic amines) is 1. The molecule has 0 spiro atoms. The van der Waals surface area contributed by atoms with E-state index >= 15 is 0 Å². The summed E-state index contributed by atoms with van der Waals surface area (Å²) in [5.41, 5.74) is 0.500. The first-order valence-electron chi connectivity index (χ1n) is 8.58. The number of phenolic OH excluding ortho intramolecular Hbond substituents is 1. The molecule has 2 aromatic carbocycles. The minimum Gasteiger partial charge on any atom is -0.508 e. The van der Waals surface area contributed by atoms with Crippen molar-refractivity contribution in [2.45, 2.75) is 31.9 Å². The molecule has 1 aliphatic rings. The highest BCUT2D eigenvalue weighted by molar-refractivity contribution is 6.00. The van der Waals surface area contributed by atoms with Crippen LogP contribution >= 0.6 is 0 Å². The van der Waals surface area contributed by atoms with E-state index in [0.29, 0.717) is 18.7 Å². The topological polar surface area (TPSA) is 78.9 Å². The summed E-state index contributed by atoms with van der Waals surface area (Å²) in [7, 11) is 0. The molecular formula is C20H22N2O4. The molecule has 0 aliphatic carbocycles. The van der Waals surface area contributed by atoms with Gasteiger partial charge < -0.3 is 15.2 Å². The molecule has 136 valence electrons. The van der Waals surface area contributed by atoms with E-state index in [-0.39, 0.29) is 18.3 Å². The van der Waals surface area contributed by atoms with Gasteiger partial charge in [0, 0.05) is 12.2 Å². The molecule has 2 aromatic rings. The van der Waals surface area contributed by atoms with Crippen LogP contribution in [0.1, 0.15) is 25.3 Å². The van der Waals surface area contributed by atoms with Crippen LogP contribution in [0.25, 0.3) is 0 Å². The highest BCUT2D eigenvalue weighted by Gasteiger charge is 2.46. The number of hydrogen-bond acceptors (Lipinski definition) is 4. The molecule has 0 aromatic heterocycles. The van der Waals surface area contributed by atoms with E-state index in [1.54, 1.807) is 19.1 Å². The highest BCUT2D eigenvalue weighted by atomic mass is 16.6. The monoisotopic (exact) mass is 354 g/mol. The Morgan fingerprint density at radius 3 is 2.54 bits per heavy atom. The maximum absolute atomic E-state index is 12.8. The number of carbonyl (C=O) groups excluding carboxylic acids is 2. The quantitative estimate of drug-likeness (QED) is 0.824. The van der Waals surface area contributed by atoms with Crippen molar-refractivity contribution in [3.63, 3.8) is 0 Å². The number of amides is 2. The second kappa shape index (κ2) is 7.47. The summed E-state index contributed by atoms with van der Waals surface area (Å²) in [5.74, 6) is -0.140. The van der Waals surface area contributed by atoms with Crippen molar-refractivity contribution in [3.8, 4) is 5.75 Å². The number of phenols is 1. The van der Waals surface area contributed by atoms with Gasteiger partial charge in [0.1, 0.15) is 17.9 Å². The van der Waals surface area contributed by atoms with Gasteiger partial charge in [-0.25, -0.2) is 4.79 Å². The molecule has 1 unspecified atom stereocenters. The van der Waals surface area contributed by atoms with Crippen molar-refractivity contribution in [1.29, 1.82) is 0 Å². The summed E-state index contributed by atoms with van der Waals surface area (Å²) >= 11 is 0. The minimum absolute atomic E-state index is 0.126. The van der Waals surface area contributed by atoms with E-state index in [0.717, 1.165) is 12.0 Å². The average Bonchev–Trinajstić information content (AvgIpc) is 3.05. The zero-order chi connectivity index (χ0) is 18.6. The molecular weight excluding hydrogens is 332 g/mol. The van der Waals surface area contributed by atoms with E-state index in [1.807, 2.05) is 30.3 Å². The molecule has 26 heavy (non-hydrogen) atoms. The van der Waals surface area contributed by atoms with Gasteiger partial charge in [-0.15, -0.1) is 0 Å². The number of ether oxygens (including phenoxy) is 1. The van der Waals surface area contributed by atoms with Crippen molar-refractivity contribution < 1.29 is 19.4 Å². The zero-order valence-electron chi connectivity index (χ0n) is 14.6. The number of rotatable bonds is 4. The van der Waals surface area contributed by atoms with E-state index in [4.69, 9.17) is 4.74 Å². The Bertz CT molecular complexity index is 776. The number of carbonyl (C=O) groups is 2. The summed E-state index contributed by atoms with van der Waals surface area (Å²) in [6.07, 6.45) is 0.812. The van der Waals surface area contributed by atoms with Gasteiger partial charge >= 0.3 is 6.09 Å². The van der Waals surface area contributed by atoms with Gasteiger partial charge in [-0.3, -0.25) is 9.69 Å². The summed E-state index contributed by atoms with van der Waals surface area (Å²) in [4.78, 5) is 26.8. The average molecular weight is 354 g/mol. The Morgan fingerprint density at radius 2 is 1.85 bits per heavy atom. The molecule has 3 rings (SSSR count). The molecule has 1 atom stereocenters. The lowest BCUT2D eigenvalue weighted by Crippen LogP contribution is -2.53. The Hall–Kier alpha value is -3.02. The summed E-state index contributed by atoms with van der Waals surface area (Å²) in [6, 6.07) is 15.7. The predicted octanol–water partition coefficient (Wildman–Crippen LogP) is 3.52. The van der Waals surface area contributed by atoms with Gasteiger partial charge in [0.25, 0.3) is 0 Å². The molecule has 1 aliphatic heterocycles. The van der Waals surface area contributed by atoms with Gasteiger partial charge in [0.05, 0.1) is 0 Å². The fourth-order valence-electron chi connectivity index (χ4n) is 3.10. The number of nitrogens with zero attached hydrogens (tertiary/aromatic N) is 1. The van der Waals surface area contributed by atoms with Crippen molar-refractivity contribution in [2.24, 2.45) is 0 Å². The van der Waals surface area contributed by atoms with E-state index < -0.39 is 11.6 Å². The lowest BCUT2D eigenvalue weighted by atomic mass is 9.98. The smallest absolute Gasteiger partial charge is 0.410 e. The number of anilines is 1. The van der Waals surface area contributed by atoms with Crippen LogP contribution in [0, 0.1) is 0 Å². The maximum atomic E-state index is 12.8. The lowest BCUT2D eigenvalue weighted by molar-refractivity contribution is -0.125. The molecule has 6 heteroatoms. The molecule has 0 radical (unpaired) electrons. The van der Waals surface area contributed by atoms with Gasteiger partial charge in [-0.05, 0) is 49.6 Å². The number of hydrogen-bond donors (Lipinski definition) is 2. The second-order valence-corrected chi connectivity index (χ2v) is 6.57. The largest absolute Gasteiger partial charge is 0.508 e. The zero-order valence-corrected chi connectivity index (χ0v) is 14.6. The third kappa shape index (κ3) is 3.79. The standard InChI is InChI=1S/C20H22N2O4/c1-20(18(24)21-16-8-10-17(23)11-9-16)12-5-13-22(20)19(25)26-14-15-6-3-2-4-7-15/h2-4,6-11,23H,5,12-14H2,1H3,(H,21,24). The van der Waals surface area contributed by atoms with Gasteiger partial charge in [-0.1, -0.05) is 30.3 Å². The minimum atomic E-state index is -0.967. The first-order valence-corrected chi connectivity index (χ1v) is 8.58. The lowest BCUT2D eigenvalue weighted by Gasteiger charge is -2.33. The van der Waals surface area contributed by atoms with Crippen LogP contribution in [0.4, 0.5) is 10.5 Å². The SMILES string of the molecule is CC1(C(=O)Nc2ccc(O)cc2)CCCN1C(=O)OCc1ccccc1. The van der Waals surface area contributed by atoms with Gasteiger partial charge in [0.15, 0.2) is 0 Å². The molecule has 6 nitrogen and oxygen atoms in total. The Kier molecular flexibility index (Phi) is 5.11. The predicted molar refractivity (Wildman–Crippen MR) is 97.7 cm³/mol. The van der Waals surface area contributed by atoms with E-state index in [1.165, 1.54) is 17.0 Å². The van der Waals surface area contributed by atoms with Crippen molar-refractivity contribution in [3.05, 3.63) is 60.2 Å². The summed E-state index contributed by atoms with van der Waals surface area (Å²) < 4.78 is 5.40. The molecule has 0 saturated carbocycles. The Morgan fingerprint density at radius 1 is 1.15 bits per heavy atom.